The second-order valence-electron chi connectivity index (χ2n) is 4.28. The molecule has 0 aromatic carbocycles. The summed E-state index contributed by atoms with van der Waals surface area (Å²) in [6.07, 6.45) is 3.58. The average molecular weight is 222 g/mol. The van der Waals surface area contributed by atoms with Gasteiger partial charge in [0.15, 0.2) is 0 Å². The van der Waals surface area contributed by atoms with Crippen molar-refractivity contribution in [3.05, 3.63) is 11.4 Å². The molecule has 5 heteroatoms. The van der Waals surface area contributed by atoms with Crippen LogP contribution in [0.4, 0.5) is 5.95 Å². The summed E-state index contributed by atoms with van der Waals surface area (Å²) in [4.78, 5) is 6.51. The van der Waals surface area contributed by atoms with E-state index in [1.807, 2.05) is 13.8 Å². The molecule has 1 fully saturated rings. The molecule has 1 saturated carbocycles. The zero-order valence-electron chi connectivity index (χ0n) is 9.85. The van der Waals surface area contributed by atoms with Gasteiger partial charge in [-0.3, -0.25) is 0 Å². The van der Waals surface area contributed by atoms with Crippen LogP contribution in [0.3, 0.4) is 0 Å². The van der Waals surface area contributed by atoms with Crippen LogP contribution in [0.2, 0.25) is 0 Å². The van der Waals surface area contributed by atoms with Gasteiger partial charge < -0.3 is 10.0 Å². The Hall–Kier alpha value is -1.23. The Labute approximate surface area is 95.5 Å². The molecule has 0 spiro atoms. The van der Waals surface area contributed by atoms with Crippen LogP contribution in [-0.4, -0.2) is 39.5 Å². The van der Waals surface area contributed by atoms with Crippen LogP contribution in [0.5, 0.6) is 0 Å². The molecular weight excluding hydrogens is 204 g/mol. The third-order valence-electron chi connectivity index (χ3n) is 3.19. The van der Waals surface area contributed by atoms with Gasteiger partial charge in [0.25, 0.3) is 0 Å². The molecule has 0 aliphatic heterocycles. The summed E-state index contributed by atoms with van der Waals surface area (Å²) >= 11 is 0. The molecule has 0 saturated heterocycles. The fraction of sp³-hybridized carbons (Fsp3) is 0.727. The van der Waals surface area contributed by atoms with Gasteiger partial charge in [0.1, 0.15) is 0 Å². The van der Waals surface area contributed by atoms with Crippen molar-refractivity contribution in [1.82, 2.24) is 15.2 Å². The van der Waals surface area contributed by atoms with Crippen LogP contribution < -0.4 is 4.90 Å². The summed E-state index contributed by atoms with van der Waals surface area (Å²) in [5.41, 5.74) is 1.77. The molecule has 1 aromatic heterocycles. The van der Waals surface area contributed by atoms with Crippen molar-refractivity contribution in [3.8, 4) is 0 Å². The fourth-order valence-corrected chi connectivity index (χ4v) is 1.82. The minimum atomic E-state index is 0.132. The molecule has 88 valence electrons. The number of hydrogen-bond donors (Lipinski definition) is 1. The Balaban J connectivity index is 2.20. The van der Waals surface area contributed by atoms with Gasteiger partial charge in [-0.15, -0.1) is 5.10 Å². The van der Waals surface area contributed by atoms with Crippen molar-refractivity contribution in [2.24, 2.45) is 0 Å². The van der Waals surface area contributed by atoms with Crippen molar-refractivity contribution in [2.45, 2.75) is 39.2 Å². The molecule has 1 aliphatic carbocycles. The summed E-state index contributed by atoms with van der Waals surface area (Å²) in [6, 6.07) is 0.482. The van der Waals surface area contributed by atoms with E-state index in [1.54, 1.807) is 0 Å². The van der Waals surface area contributed by atoms with Gasteiger partial charge in [-0.2, -0.15) is 5.10 Å². The number of rotatable bonds is 4. The van der Waals surface area contributed by atoms with Crippen molar-refractivity contribution in [2.75, 3.05) is 18.1 Å². The normalized spacial score (nSPS) is 15.9. The smallest absolute Gasteiger partial charge is 0.245 e. The predicted octanol–water partition coefficient (Wildman–Crippen LogP) is 0.840. The lowest BCUT2D eigenvalue weighted by atomic mass is 9.92. The number of nitrogens with zero attached hydrogens (tertiary/aromatic N) is 4. The highest BCUT2D eigenvalue weighted by Crippen LogP contribution is 2.27. The minimum Gasteiger partial charge on any atom is -0.395 e. The van der Waals surface area contributed by atoms with Gasteiger partial charge in [0, 0.05) is 12.6 Å². The van der Waals surface area contributed by atoms with Crippen LogP contribution in [-0.2, 0) is 0 Å². The standard InChI is InChI=1S/C11H18N4O/c1-8-9(2)13-14-11(12-8)15(6-7-16)10-4-3-5-10/h10,16H,3-7H2,1-2H3. The first-order chi connectivity index (χ1) is 7.72. The maximum Gasteiger partial charge on any atom is 0.245 e. The SMILES string of the molecule is Cc1nnc(N(CCO)C2CCC2)nc1C. The highest BCUT2D eigenvalue weighted by molar-refractivity contribution is 5.32. The van der Waals surface area contributed by atoms with Crippen LogP contribution >= 0.6 is 0 Å². The highest BCUT2D eigenvalue weighted by Gasteiger charge is 2.26. The van der Waals surface area contributed by atoms with E-state index < -0.39 is 0 Å². The first-order valence-corrected chi connectivity index (χ1v) is 5.78. The van der Waals surface area contributed by atoms with Crippen LogP contribution in [0.25, 0.3) is 0 Å². The number of aromatic nitrogens is 3. The second-order valence-corrected chi connectivity index (χ2v) is 4.28. The first kappa shape index (κ1) is 11.3. The summed E-state index contributed by atoms with van der Waals surface area (Å²) in [6.45, 7) is 4.56. The molecule has 1 aromatic rings. The van der Waals surface area contributed by atoms with E-state index in [0.717, 1.165) is 24.2 Å². The van der Waals surface area contributed by atoms with Gasteiger partial charge in [0.2, 0.25) is 5.95 Å². The topological polar surface area (TPSA) is 62.1 Å². The Morgan fingerprint density at radius 2 is 2.00 bits per heavy atom. The van der Waals surface area contributed by atoms with E-state index in [1.165, 1.54) is 6.42 Å². The first-order valence-electron chi connectivity index (χ1n) is 5.78. The molecule has 2 rings (SSSR count). The number of hydrogen-bond acceptors (Lipinski definition) is 5. The van der Waals surface area contributed by atoms with Crippen LogP contribution in [0.1, 0.15) is 30.7 Å². The zero-order valence-corrected chi connectivity index (χ0v) is 9.85. The van der Waals surface area contributed by atoms with Gasteiger partial charge in [0.05, 0.1) is 18.0 Å². The maximum atomic E-state index is 9.07. The third kappa shape index (κ3) is 2.14. The summed E-state index contributed by atoms with van der Waals surface area (Å²) in [5.74, 6) is 0.654. The van der Waals surface area contributed by atoms with E-state index in [2.05, 4.69) is 20.1 Å². The van der Waals surface area contributed by atoms with Crippen molar-refractivity contribution < 1.29 is 5.11 Å². The lowest BCUT2D eigenvalue weighted by Gasteiger charge is -2.37. The van der Waals surface area contributed by atoms with E-state index >= 15 is 0 Å². The highest BCUT2D eigenvalue weighted by atomic mass is 16.3. The largest absolute Gasteiger partial charge is 0.395 e. The summed E-state index contributed by atoms with van der Waals surface area (Å²) < 4.78 is 0. The molecule has 0 amide bonds. The summed E-state index contributed by atoms with van der Waals surface area (Å²) in [5, 5.41) is 17.3. The Morgan fingerprint density at radius 3 is 2.50 bits per heavy atom. The van der Waals surface area contributed by atoms with E-state index in [4.69, 9.17) is 5.11 Å². The fourth-order valence-electron chi connectivity index (χ4n) is 1.82. The van der Waals surface area contributed by atoms with Gasteiger partial charge in [-0.1, -0.05) is 0 Å². The Bertz CT molecular complexity index is 365. The van der Waals surface area contributed by atoms with Crippen molar-refractivity contribution in [1.29, 1.82) is 0 Å². The van der Waals surface area contributed by atoms with Crippen LogP contribution in [0.15, 0.2) is 0 Å². The Kier molecular flexibility index (Phi) is 3.33. The van der Waals surface area contributed by atoms with Crippen molar-refractivity contribution >= 4 is 5.95 Å². The number of aryl methyl sites for hydroxylation is 2. The molecule has 1 N–H and O–H groups in total. The molecular formula is C11H18N4O. The Morgan fingerprint density at radius 1 is 1.25 bits per heavy atom. The van der Waals surface area contributed by atoms with Gasteiger partial charge in [-0.25, -0.2) is 4.98 Å². The second kappa shape index (κ2) is 4.74. The van der Waals surface area contributed by atoms with Gasteiger partial charge in [-0.05, 0) is 33.1 Å². The maximum absolute atomic E-state index is 9.07. The molecule has 0 radical (unpaired) electrons. The number of aliphatic hydroxyl groups excluding tert-OH is 1. The molecule has 16 heavy (non-hydrogen) atoms. The summed E-state index contributed by atoms with van der Waals surface area (Å²) in [7, 11) is 0. The van der Waals surface area contributed by atoms with E-state index in [0.29, 0.717) is 18.5 Å². The minimum absolute atomic E-state index is 0.132. The lowest BCUT2D eigenvalue weighted by Crippen LogP contribution is -2.43. The predicted molar refractivity (Wildman–Crippen MR) is 61.4 cm³/mol. The average Bonchev–Trinajstić information content (AvgIpc) is 2.19. The molecule has 0 unspecified atom stereocenters. The number of aliphatic hydroxyl groups is 1. The monoisotopic (exact) mass is 222 g/mol. The van der Waals surface area contributed by atoms with Gasteiger partial charge >= 0.3 is 0 Å². The van der Waals surface area contributed by atoms with Crippen LogP contribution in [0, 0.1) is 13.8 Å². The molecule has 1 aliphatic rings. The van der Waals surface area contributed by atoms with E-state index in [9.17, 15) is 0 Å². The molecule has 1 heterocycles. The zero-order chi connectivity index (χ0) is 11.5. The molecule has 0 atom stereocenters. The molecule has 5 nitrogen and oxygen atoms in total. The number of anilines is 1. The third-order valence-corrected chi connectivity index (χ3v) is 3.19. The molecule has 0 bridgehead atoms. The van der Waals surface area contributed by atoms with E-state index in [-0.39, 0.29) is 6.61 Å². The van der Waals surface area contributed by atoms with Crippen molar-refractivity contribution in [3.63, 3.8) is 0 Å². The lowest BCUT2D eigenvalue weighted by molar-refractivity contribution is 0.281. The quantitative estimate of drug-likeness (QED) is 0.818.